The predicted octanol–water partition coefficient (Wildman–Crippen LogP) is 2.00. The summed E-state index contributed by atoms with van der Waals surface area (Å²) in [5, 5.41) is 3.36. The zero-order valence-electron chi connectivity index (χ0n) is 13.7. The molecule has 1 saturated carbocycles. The van der Waals surface area contributed by atoms with Gasteiger partial charge >= 0.3 is 0 Å². The minimum Gasteiger partial charge on any atom is -0.366 e. The highest BCUT2D eigenvalue weighted by molar-refractivity contribution is 5.83. The molecular formula is C18H23F2N3O. The van der Waals surface area contributed by atoms with Crippen LogP contribution in [0.3, 0.4) is 0 Å². The van der Waals surface area contributed by atoms with Crippen LogP contribution in [-0.2, 0) is 4.79 Å². The van der Waals surface area contributed by atoms with E-state index >= 15 is 0 Å². The molecule has 130 valence electrons. The van der Waals surface area contributed by atoms with Crippen LogP contribution in [0.15, 0.2) is 18.2 Å². The number of carbonyl (C=O) groups excluding carboxylic acids is 1. The van der Waals surface area contributed by atoms with E-state index < -0.39 is 11.6 Å². The number of benzene rings is 1. The molecule has 3 aliphatic rings. The van der Waals surface area contributed by atoms with Gasteiger partial charge in [-0.3, -0.25) is 4.79 Å². The fourth-order valence-corrected chi connectivity index (χ4v) is 4.29. The van der Waals surface area contributed by atoms with Crippen LogP contribution < -0.4 is 10.2 Å². The monoisotopic (exact) mass is 335 g/mol. The van der Waals surface area contributed by atoms with Crippen LogP contribution in [0, 0.1) is 23.0 Å². The van der Waals surface area contributed by atoms with Crippen LogP contribution in [0.4, 0.5) is 14.5 Å². The summed E-state index contributed by atoms with van der Waals surface area (Å²) in [5.41, 5.74) is 0.539. The Labute approximate surface area is 140 Å². The minimum atomic E-state index is -0.435. The van der Waals surface area contributed by atoms with Crippen molar-refractivity contribution in [2.75, 3.05) is 44.2 Å². The van der Waals surface area contributed by atoms with Gasteiger partial charge in [-0.25, -0.2) is 8.78 Å². The maximum absolute atomic E-state index is 13.9. The summed E-state index contributed by atoms with van der Waals surface area (Å²) < 4.78 is 27.3. The van der Waals surface area contributed by atoms with Crippen LogP contribution in [-0.4, -0.2) is 50.1 Å². The van der Waals surface area contributed by atoms with Crippen LogP contribution >= 0.6 is 0 Å². The maximum Gasteiger partial charge on any atom is 0.226 e. The number of halogens is 2. The number of rotatable bonds is 2. The number of amides is 1. The van der Waals surface area contributed by atoms with E-state index in [-0.39, 0.29) is 17.2 Å². The van der Waals surface area contributed by atoms with Gasteiger partial charge in [0.25, 0.3) is 0 Å². The fraction of sp³-hybridized carbons (Fsp3) is 0.611. The lowest BCUT2D eigenvalue weighted by Gasteiger charge is -2.37. The molecule has 2 heterocycles. The summed E-state index contributed by atoms with van der Waals surface area (Å²) in [6, 6.07) is 3.52. The van der Waals surface area contributed by atoms with E-state index in [0.29, 0.717) is 31.9 Å². The van der Waals surface area contributed by atoms with E-state index in [9.17, 15) is 13.6 Å². The van der Waals surface area contributed by atoms with Crippen LogP contribution in [0.25, 0.3) is 0 Å². The Hall–Kier alpha value is -1.69. The Morgan fingerprint density at radius 1 is 1.12 bits per heavy atom. The standard InChI is InChI=1S/C18H23F2N3O/c19-13-1-2-15(20)16(11-13)22-7-9-23(10-8-22)17(24)14-12-18(14)3-5-21-6-4-18/h1-2,11,14,21H,3-10,12H2/t14-/m1/s1. The first-order chi connectivity index (χ1) is 11.6. The molecule has 0 unspecified atom stereocenters. The number of nitrogens with zero attached hydrogens (tertiary/aromatic N) is 2. The zero-order valence-corrected chi connectivity index (χ0v) is 13.7. The topological polar surface area (TPSA) is 35.6 Å². The molecule has 2 saturated heterocycles. The van der Waals surface area contributed by atoms with Gasteiger partial charge in [0.1, 0.15) is 11.6 Å². The summed E-state index contributed by atoms with van der Waals surface area (Å²) in [7, 11) is 0. The number of piperazine rings is 1. The molecule has 4 rings (SSSR count). The van der Waals surface area contributed by atoms with Crippen molar-refractivity contribution in [3.63, 3.8) is 0 Å². The number of hydrogen-bond donors (Lipinski definition) is 1. The average molecular weight is 335 g/mol. The lowest BCUT2D eigenvalue weighted by molar-refractivity contribution is -0.133. The largest absolute Gasteiger partial charge is 0.366 e. The van der Waals surface area contributed by atoms with Gasteiger partial charge < -0.3 is 15.1 Å². The molecule has 1 N–H and O–H groups in total. The van der Waals surface area contributed by atoms with Crippen molar-refractivity contribution in [3.8, 4) is 0 Å². The van der Waals surface area contributed by atoms with Crippen molar-refractivity contribution in [3.05, 3.63) is 29.8 Å². The summed E-state index contributed by atoms with van der Waals surface area (Å²) in [4.78, 5) is 16.5. The molecule has 1 aromatic rings. The molecule has 0 bridgehead atoms. The van der Waals surface area contributed by atoms with Gasteiger partial charge in [-0.05, 0) is 49.9 Å². The van der Waals surface area contributed by atoms with E-state index in [0.717, 1.165) is 44.5 Å². The summed E-state index contributed by atoms with van der Waals surface area (Å²) >= 11 is 0. The van der Waals surface area contributed by atoms with E-state index in [1.165, 1.54) is 6.07 Å². The highest BCUT2D eigenvalue weighted by Crippen LogP contribution is 2.59. The second-order valence-corrected chi connectivity index (χ2v) is 7.28. The second-order valence-electron chi connectivity index (χ2n) is 7.28. The average Bonchev–Trinajstić information content (AvgIpc) is 3.30. The molecule has 4 nitrogen and oxygen atoms in total. The molecule has 1 spiro atoms. The van der Waals surface area contributed by atoms with Crippen molar-refractivity contribution in [1.29, 1.82) is 0 Å². The first-order valence-corrected chi connectivity index (χ1v) is 8.79. The highest BCUT2D eigenvalue weighted by Gasteiger charge is 2.58. The molecule has 1 aromatic carbocycles. The van der Waals surface area contributed by atoms with Gasteiger partial charge in [-0.2, -0.15) is 0 Å². The van der Waals surface area contributed by atoms with Gasteiger partial charge in [0, 0.05) is 38.2 Å². The smallest absolute Gasteiger partial charge is 0.226 e. The van der Waals surface area contributed by atoms with Gasteiger partial charge in [0.05, 0.1) is 5.69 Å². The maximum atomic E-state index is 13.9. The summed E-state index contributed by atoms with van der Waals surface area (Å²) in [6.07, 6.45) is 3.21. The normalized spacial score (nSPS) is 25.8. The second kappa shape index (κ2) is 5.99. The lowest BCUT2D eigenvalue weighted by Crippen LogP contribution is -2.50. The lowest BCUT2D eigenvalue weighted by atomic mass is 9.91. The number of carbonyl (C=O) groups is 1. The van der Waals surface area contributed by atoms with Crippen molar-refractivity contribution < 1.29 is 13.6 Å². The van der Waals surface area contributed by atoms with Gasteiger partial charge in [0.2, 0.25) is 5.91 Å². The third-order valence-electron chi connectivity index (χ3n) is 5.93. The molecule has 0 aromatic heterocycles. The van der Waals surface area contributed by atoms with Crippen molar-refractivity contribution >= 4 is 11.6 Å². The Morgan fingerprint density at radius 3 is 2.54 bits per heavy atom. The molecule has 3 fully saturated rings. The van der Waals surface area contributed by atoms with Crippen LogP contribution in [0.2, 0.25) is 0 Å². The third-order valence-corrected chi connectivity index (χ3v) is 5.93. The van der Waals surface area contributed by atoms with Gasteiger partial charge in [-0.15, -0.1) is 0 Å². The van der Waals surface area contributed by atoms with Crippen LogP contribution in [0.5, 0.6) is 0 Å². The molecule has 24 heavy (non-hydrogen) atoms. The highest BCUT2D eigenvalue weighted by atomic mass is 19.1. The van der Waals surface area contributed by atoms with Gasteiger partial charge in [-0.1, -0.05) is 0 Å². The van der Waals surface area contributed by atoms with E-state index in [1.54, 1.807) is 0 Å². The van der Waals surface area contributed by atoms with E-state index in [2.05, 4.69) is 5.32 Å². The van der Waals surface area contributed by atoms with Crippen LogP contribution in [0.1, 0.15) is 19.3 Å². The molecule has 0 radical (unpaired) electrons. The number of nitrogens with one attached hydrogen (secondary N) is 1. The first-order valence-electron chi connectivity index (χ1n) is 8.79. The Kier molecular flexibility index (Phi) is 3.95. The Bertz CT molecular complexity index is 637. The minimum absolute atomic E-state index is 0.178. The van der Waals surface area contributed by atoms with Crippen molar-refractivity contribution in [1.82, 2.24) is 10.2 Å². The van der Waals surface area contributed by atoms with E-state index in [1.807, 2.05) is 9.80 Å². The quantitative estimate of drug-likeness (QED) is 0.898. The molecule has 1 aliphatic carbocycles. The third kappa shape index (κ3) is 2.77. The molecule has 6 heteroatoms. The molecule has 1 atom stereocenters. The van der Waals surface area contributed by atoms with E-state index in [4.69, 9.17) is 0 Å². The molecular weight excluding hydrogens is 312 g/mol. The predicted molar refractivity (Wildman–Crippen MR) is 87.8 cm³/mol. The number of piperidine rings is 1. The summed E-state index contributed by atoms with van der Waals surface area (Å²) in [5.74, 6) is -0.406. The fourth-order valence-electron chi connectivity index (χ4n) is 4.29. The van der Waals surface area contributed by atoms with Gasteiger partial charge in [0.15, 0.2) is 0 Å². The SMILES string of the molecule is O=C([C@H]1CC12CCNCC2)N1CCN(c2cc(F)ccc2F)CC1. The molecule has 2 aliphatic heterocycles. The Balaban J connectivity index is 1.36. The Morgan fingerprint density at radius 2 is 1.83 bits per heavy atom. The number of anilines is 1. The molecule has 1 amide bonds. The summed E-state index contributed by atoms with van der Waals surface area (Å²) in [6.45, 7) is 4.28. The first kappa shape index (κ1) is 15.8. The number of hydrogen-bond acceptors (Lipinski definition) is 3. The zero-order chi connectivity index (χ0) is 16.7. The van der Waals surface area contributed by atoms with Crippen molar-refractivity contribution in [2.45, 2.75) is 19.3 Å². The van der Waals surface area contributed by atoms with Crippen molar-refractivity contribution in [2.24, 2.45) is 11.3 Å².